The van der Waals surface area contributed by atoms with E-state index in [4.69, 9.17) is 4.74 Å². The third-order valence-electron chi connectivity index (χ3n) is 5.71. The van der Waals surface area contributed by atoms with E-state index in [0.717, 1.165) is 28.1 Å². The number of benzene rings is 1. The molecule has 31 heavy (non-hydrogen) atoms. The van der Waals surface area contributed by atoms with Gasteiger partial charge in [0.1, 0.15) is 11.9 Å². The van der Waals surface area contributed by atoms with Crippen molar-refractivity contribution in [2.75, 3.05) is 0 Å². The number of carbonyl (C=O) groups is 1. The number of esters is 1. The lowest BCUT2D eigenvalue weighted by Gasteiger charge is -2.27. The molecule has 0 saturated carbocycles. The number of rotatable bonds is 6. The van der Waals surface area contributed by atoms with Gasteiger partial charge < -0.3 is 14.4 Å². The summed E-state index contributed by atoms with van der Waals surface area (Å²) in [6.07, 6.45) is 3.73. The first kappa shape index (κ1) is 21.2. The van der Waals surface area contributed by atoms with Crippen LogP contribution < -0.4 is 0 Å². The summed E-state index contributed by atoms with van der Waals surface area (Å²) in [7, 11) is 0. The number of pyridine rings is 1. The first-order valence-electron chi connectivity index (χ1n) is 10.7. The Labute approximate surface area is 181 Å². The fourth-order valence-corrected chi connectivity index (χ4v) is 4.35. The zero-order chi connectivity index (χ0) is 22.0. The van der Waals surface area contributed by atoms with Crippen LogP contribution in [-0.4, -0.2) is 32.8 Å². The van der Waals surface area contributed by atoms with E-state index in [-0.39, 0.29) is 30.2 Å². The number of nitrogens with zero attached hydrogens (tertiary/aromatic N) is 2. The number of cyclic esters (lactones) is 1. The lowest BCUT2D eigenvalue weighted by molar-refractivity contribution is -0.160. The Morgan fingerprint density at radius 1 is 1.23 bits per heavy atom. The number of ether oxygens (including phenoxy) is 1. The molecule has 1 aliphatic rings. The van der Waals surface area contributed by atoms with Crippen molar-refractivity contribution in [1.82, 2.24) is 9.55 Å². The molecule has 2 atom stereocenters. The Kier molecular flexibility index (Phi) is 6.18. The van der Waals surface area contributed by atoms with Crippen LogP contribution in [0.25, 0.3) is 22.4 Å². The van der Waals surface area contributed by atoms with E-state index in [9.17, 15) is 14.3 Å². The summed E-state index contributed by atoms with van der Waals surface area (Å²) in [4.78, 5) is 16.0. The van der Waals surface area contributed by atoms with Crippen LogP contribution in [0.5, 0.6) is 0 Å². The highest BCUT2D eigenvalue weighted by Crippen LogP contribution is 2.37. The van der Waals surface area contributed by atoms with Crippen LogP contribution >= 0.6 is 0 Å². The third-order valence-corrected chi connectivity index (χ3v) is 5.71. The maximum Gasteiger partial charge on any atom is 0.308 e. The average molecular weight is 423 g/mol. The molecule has 1 fully saturated rings. The molecule has 1 saturated heterocycles. The molecule has 162 valence electrons. The van der Waals surface area contributed by atoms with Crippen molar-refractivity contribution < 1.29 is 19.0 Å². The average Bonchev–Trinajstić information content (AvgIpc) is 3.12. The van der Waals surface area contributed by atoms with Gasteiger partial charge in [0.2, 0.25) is 0 Å². The van der Waals surface area contributed by atoms with Gasteiger partial charge in [-0.1, -0.05) is 19.9 Å². The summed E-state index contributed by atoms with van der Waals surface area (Å²) in [5.74, 6) is -0.402. The summed E-state index contributed by atoms with van der Waals surface area (Å²) in [5, 5.41) is 9.95. The van der Waals surface area contributed by atoms with Gasteiger partial charge in [0.05, 0.1) is 12.5 Å². The molecule has 0 spiro atoms. The molecule has 0 aliphatic carbocycles. The predicted molar refractivity (Wildman–Crippen MR) is 117 cm³/mol. The van der Waals surface area contributed by atoms with Crippen LogP contribution in [0, 0.1) is 5.82 Å². The van der Waals surface area contributed by atoms with Crippen molar-refractivity contribution in [3.8, 4) is 22.4 Å². The van der Waals surface area contributed by atoms with E-state index in [1.54, 1.807) is 18.3 Å². The van der Waals surface area contributed by atoms with E-state index < -0.39 is 6.10 Å². The monoisotopic (exact) mass is 422 g/mol. The first-order valence-corrected chi connectivity index (χ1v) is 10.7. The molecule has 6 heteroatoms. The van der Waals surface area contributed by atoms with Gasteiger partial charge in [-0.3, -0.25) is 9.78 Å². The minimum Gasteiger partial charge on any atom is -0.462 e. The molecule has 1 aliphatic heterocycles. The van der Waals surface area contributed by atoms with Gasteiger partial charge in [0, 0.05) is 54.3 Å². The molecule has 4 rings (SSSR count). The fourth-order valence-electron chi connectivity index (χ4n) is 4.35. The number of hydrogen-bond acceptors (Lipinski definition) is 4. The number of aliphatic hydroxyl groups is 1. The lowest BCUT2D eigenvalue weighted by Crippen LogP contribution is -2.33. The molecule has 3 heterocycles. The maximum atomic E-state index is 13.6. The van der Waals surface area contributed by atoms with Crippen LogP contribution in [0.4, 0.5) is 4.39 Å². The molecule has 0 amide bonds. The van der Waals surface area contributed by atoms with Gasteiger partial charge in [-0.15, -0.1) is 0 Å². The number of carbonyl (C=O) groups excluding carboxylic acids is 1. The molecule has 3 aromatic rings. The predicted octanol–water partition coefficient (Wildman–Crippen LogP) is 4.94. The molecule has 1 N–H and O–H groups in total. The van der Waals surface area contributed by atoms with Crippen LogP contribution in [0.15, 0.2) is 54.9 Å². The lowest BCUT2D eigenvalue weighted by atomic mass is 10.00. The second-order valence-electron chi connectivity index (χ2n) is 8.38. The minimum absolute atomic E-state index is 0.0588. The summed E-state index contributed by atoms with van der Waals surface area (Å²) >= 11 is 0. The van der Waals surface area contributed by atoms with E-state index in [0.29, 0.717) is 19.4 Å². The van der Waals surface area contributed by atoms with E-state index >= 15 is 0 Å². The smallest absolute Gasteiger partial charge is 0.308 e. The van der Waals surface area contributed by atoms with Gasteiger partial charge in [0.15, 0.2) is 0 Å². The van der Waals surface area contributed by atoms with E-state index in [1.807, 2.05) is 18.3 Å². The molecule has 1 aromatic carbocycles. The van der Waals surface area contributed by atoms with E-state index in [2.05, 4.69) is 29.5 Å². The Morgan fingerprint density at radius 3 is 2.65 bits per heavy atom. The SMILES string of the molecule is CC(C)c1c(-c2cccnc2)cc(-c2ccc(F)cc2)n1CC[C@H]1C[C@H](O)CC(=O)O1. The summed E-state index contributed by atoms with van der Waals surface area (Å²) < 4.78 is 21.2. The Bertz CT molecular complexity index is 1040. The Balaban J connectivity index is 1.76. The molecular formula is C25H27FN2O3. The van der Waals surface area contributed by atoms with Crippen LogP contribution in [0.1, 0.15) is 44.7 Å². The molecule has 0 unspecified atom stereocenters. The van der Waals surface area contributed by atoms with Gasteiger partial charge in [-0.05, 0) is 47.9 Å². The second-order valence-corrected chi connectivity index (χ2v) is 8.38. The van der Waals surface area contributed by atoms with Gasteiger partial charge in [-0.2, -0.15) is 0 Å². The van der Waals surface area contributed by atoms with Crippen LogP contribution in [0.3, 0.4) is 0 Å². The topological polar surface area (TPSA) is 64.3 Å². The Hall–Kier alpha value is -2.99. The zero-order valence-corrected chi connectivity index (χ0v) is 17.8. The van der Waals surface area contributed by atoms with Gasteiger partial charge in [-0.25, -0.2) is 4.39 Å². The van der Waals surface area contributed by atoms with Crippen LogP contribution in [-0.2, 0) is 16.1 Å². The summed E-state index contributed by atoms with van der Waals surface area (Å²) in [5.41, 5.74) is 5.15. The zero-order valence-electron chi connectivity index (χ0n) is 17.8. The van der Waals surface area contributed by atoms with Gasteiger partial charge in [0.25, 0.3) is 0 Å². The second kappa shape index (κ2) is 9.02. The molecule has 0 radical (unpaired) electrons. The largest absolute Gasteiger partial charge is 0.462 e. The Morgan fingerprint density at radius 2 is 2.00 bits per heavy atom. The first-order chi connectivity index (χ1) is 14.9. The number of halogens is 1. The minimum atomic E-state index is -0.650. The maximum absolute atomic E-state index is 13.6. The van der Waals surface area contributed by atoms with Crippen molar-refractivity contribution in [1.29, 1.82) is 0 Å². The number of aliphatic hydroxyl groups excluding tert-OH is 1. The van der Waals surface area contributed by atoms with Crippen molar-refractivity contribution in [3.05, 3.63) is 66.4 Å². The number of hydrogen-bond donors (Lipinski definition) is 1. The molecule has 5 nitrogen and oxygen atoms in total. The van der Waals surface area contributed by atoms with Crippen molar-refractivity contribution in [3.63, 3.8) is 0 Å². The standard InChI is InChI=1S/C25H27FN2O3/c1-16(2)25-22(18-4-3-10-27-15-18)14-23(17-5-7-19(26)8-6-17)28(25)11-9-21-12-20(29)13-24(30)31-21/h3-8,10,14-16,20-21,29H,9,11-13H2,1-2H3/t20-,21-/m0/s1. The van der Waals surface area contributed by atoms with Crippen molar-refractivity contribution in [2.45, 2.75) is 57.8 Å². The third kappa shape index (κ3) is 4.69. The summed E-state index contributed by atoms with van der Waals surface area (Å²) in [6.45, 7) is 4.90. The highest BCUT2D eigenvalue weighted by Gasteiger charge is 2.28. The number of aromatic nitrogens is 2. The van der Waals surface area contributed by atoms with Crippen molar-refractivity contribution >= 4 is 5.97 Å². The normalized spacial score (nSPS) is 18.9. The van der Waals surface area contributed by atoms with Gasteiger partial charge >= 0.3 is 5.97 Å². The highest BCUT2D eigenvalue weighted by molar-refractivity contribution is 5.75. The van der Waals surface area contributed by atoms with Crippen molar-refractivity contribution in [2.24, 2.45) is 0 Å². The molecule has 2 aromatic heterocycles. The fraction of sp³-hybridized carbons (Fsp3) is 0.360. The van der Waals surface area contributed by atoms with Crippen LogP contribution in [0.2, 0.25) is 0 Å². The molecule has 0 bridgehead atoms. The highest BCUT2D eigenvalue weighted by atomic mass is 19.1. The summed E-state index contributed by atoms with van der Waals surface area (Å²) in [6, 6.07) is 12.6. The molecular weight excluding hydrogens is 395 g/mol. The quantitative estimate of drug-likeness (QED) is 0.572. The van der Waals surface area contributed by atoms with E-state index in [1.165, 1.54) is 12.1 Å².